The third-order valence-corrected chi connectivity index (χ3v) is 3.88. The summed E-state index contributed by atoms with van der Waals surface area (Å²) >= 11 is 0. The van der Waals surface area contributed by atoms with Gasteiger partial charge in [-0.3, -0.25) is 9.82 Å². The molecule has 0 aliphatic heterocycles. The zero-order chi connectivity index (χ0) is 14.9. The van der Waals surface area contributed by atoms with Crippen molar-refractivity contribution in [3.05, 3.63) is 41.3 Å². The Balaban J connectivity index is 2.44. The van der Waals surface area contributed by atoms with Crippen LogP contribution in [0.15, 0.2) is 29.4 Å². The molecule has 0 aliphatic carbocycles. The Hall–Kier alpha value is -2.42. The first kappa shape index (κ1) is 14.0. The fraction of sp³-hybridized carbons (Fsp3) is 0.0909. The molecule has 0 amide bonds. The maximum atomic E-state index is 13.1. The van der Waals surface area contributed by atoms with Gasteiger partial charge in [0.05, 0.1) is 11.9 Å². The second-order valence-electron chi connectivity index (χ2n) is 3.98. The van der Waals surface area contributed by atoms with Crippen LogP contribution in [0.3, 0.4) is 0 Å². The number of sulfonamides is 1. The van der Waals surface area contributed by atoms with Gasteiger partial charge in [0, 0.05) is 0 Å². The number of anilines is 1. The summed E-state index contributed by atoms with van der Waals surface area (Å²) in [6.45, 7) is 1.59. The fourth-order valence-electron chi connectivity index (χ4n) is 1.53. The smallest absolute Gasteiger partial charge is 0.340 e. The van der Waals surface area contributed by atoms with Gasteiger partial charge >= 0.3 is 5.97 Å². The summed E-state index contributed by atoms with van der Waals surface area (Å²) in [5.74, 6) is -2.05. The summed E-state index contributed by atoms with van der Waals surface area (Å²) in [5, 5.41) is 13.8. The first-order chi connectivity index (χ1) is 9.31. The second-order valence-corrected chi connectivity index (χ2v) is 5.60. The largest absolute Gasteiger partial charge is 0.478 e. The summed E-state index contributed by atoms with van der Waals surface area (Å²) in [7, 11) is -4.20. The maximum absolute atomic E-state index is 13.1. The maximum Gasteiger partial charge on any atom is 0.340 e. The Morgan fingerprint density at radius 2 is 2.15 bits per heavy atom. The van der Waals surface area contributed by atoms with Crippen LogP contribution in [0, 0.1) is 12.7 Å². The summed E-state index contributed by atoms with van der Waals surface area (Å²) in [5.41, 5.74) is 0.0221. The van der Waals surface area contributed by atoms with Crippen molar-refractivity contribution in [1.82, 2.24) is 10.2 Å². The van der Waals surface area contributed by atoms with E-state index in [1.54, 1.807) is 6.92 Å². The molecule has 0 fully saturated rings. The van der Waals surface area contributed by atoms with Crippen molar-refractivity contribution >= 4 is 21.7 Å². The molecule has 0 atom stereocenters. The van der Waals surface area contributed by atoms with Crippen LogP contribution in [0.2, 0.25) is 0 Å². The van der Waals surface area contributed by atoms with E-state index in [1.165, 1.54) is 12.1 Å². The van der Waals surface area contributed by atoms with Gasteiger partial charge < -0.3 is 5.11 Å². The molecule has 1 heterocycles. The number of aromatic nitrogens is 2. The molecule has 1 aromatic carbocycles. The van der Waals surface area contributed by atoms with Crippen LogP contribution in [-0.2, 0) is 10.0 Å². The van der Waals surface area contributed by atoms with Crippen molar-refractivity contribution < 1.29 is 22.7 Å². The number of benzene rings is 1. The lowest BCUT2D eigenvalue weighted by Gasteiger charge is -2.09. The lowest BCUT2D eigenvalue weighted by molar-refractivity contribution is 0.0692. The summed E-state index contributed by atoms with van der Waals surface area (Å²) in [6.07, 6.45) is 0.884. The van der Waals surface area contributed by atoms with Crippen LogP contribution in [0.1, 0.15) is 15.9 Å². The van der Waals surface area contributed by atoms with Gasteiger partial charge in [-0.25, -0.2) is 9.18 Å². The zero-order valence-corrected chi connectivity index (χ0v) is 11.0. The van der Waals surface area contributed by atoms with Crippen LogP contribution < -0.4 is 4.72 Å². The number of hydrogen-bond donors (Lipinski definition) is 3. The minimum absolute atomic E-state index is 0.0240. The average Bonchev–Trinajstić information content (AvgIpc) is 2.83. The monoisotopic (exact) mass is 299 g/mol. The van der Waals surface area contributed by atoms with Crippen LogP contribution in [-0.4, -0.2) is 29.7 Å². The van der Waals surface area contributed by atoms with Crippen molar-refractivity contribution in [2.45, 2.75) is 11.9 Å². The number of H-pyrrole nitrogens is 1. The molecule has 9 heteroatoms. The number of nitrogens with zero attached hydrogens (tertiary/aromatic N) is 1. The molecule has 2 aromatic rings. The van der Waals surface area contributed by atoms with E-state index in [9.17, 15) is 17.6 Å². The highest BCUT2D eigenvalue weighted by Gasteiger charge is 2.25. The molecule has 3 N–H and O–H groups in total. The molecule has 0 spiro atoms. The molecule has 7 nitrogen and oxygen atoms in total. The topological polar surface area (TPSA) is 112 Å². The van der Waals surface area contributed by atoms with E-state index < -0.39 is 32.4 Å². The van der Waals surface area contributed by atoms with Crippen LogP contribution in [0.4, 0.5) is 10.1 Å². The van der Waals surface area contributed by atoms with Gasteiger partial charge in [0.15, 0.2) is 5.03 Å². The predicted molar refractivity (Wildman–Crippen MR) is 67.5 cm³/mol. The van der Waals surface area contributed by atoms with E-state index in [2.05, 4.69) is 14.9 Å². The van der Waals surface area contributed by atoms with Crippen molar-refractivity contribution in [3.63, 3.8) is 0 Å². The molecule has 0 unspecified atom stereocenters. The summed E-state index contributed by atoms with van der Waals surface area (Å²) in [4.78, 5) is 10.9. The number of carboxylic acid groups (broad SMARTS) is 1. The molecule has 0 aliphatic rings. The van der Waals surface area contributed by atoms with E-state index in [1.807, 2.05) is 0 Å². The molecule has 2 rings (SSSR count). The van der Waals surface area contributed by atoms with Gasteiger partial charge in [-0.15, -0.1) is 0 Å². The quantitative estimate of drug-likeness (QED) is 0.789. The predicted octanol–water partition coefficient (Wildman–Crippen LogP) is 1.36. The van der Waals surface area contributed by atoms with E-state index in [-0.39, 0.29) is 5.69 Å². The number of aromatic carboxylic acids is 1. The minimum Gasteiger partial charge on any atom is -0.478 e. The van der Waals surface area contributed by atoms with Gasteiger partial charge in [0.2, 0.25) is 0 Å². The molecule has 0 radical (unpaired) electrons. The number of carboxylic acids is 1. The molecule has 0 saturated carbocycles. The molecule has 0 bridgehead atoms. The van der Waals surface area contributed by atoms with Crippen molar-refractivity contribution in [2.24, 2.45) is 0 Å². The molecule has 20 heavy (non-hydrogen) atoms. The van der Waals surface area contributed by atoms with Crippen molar-refractivity contribution in [3.8, 4) is 0 Å². The van der Waals surface area contributed by atoms with Gasteiger partial charge in [0.1, 0.15) is 11.4 Å². The number of carbonyl (C=O) groups is 1. The Kier molecular flexibility index (Phi) is 3.45. The third kappa shape index (κ3) is 2.62. The SMILES string of the molecule is Cc1ccc(F)cc1NS(=O)(=O)c1[nH]ncc1C(=O)O. The summed E-state index contributed by atoms with van der Waals surface area (Å²) in [6, 6.07) is 3.59. The summed E-state index contributed by atoms with van der Waals surface area (Å²) < 4.78 is 39.4. The number of nitrogens with one attached hydrogen (secondary N) is 2. The Morgan fingerprint density at radius 3 is 2.80 bits per heavy atom. The molecular weight excluding hydrogens is 289 g/mol. The van der Waals surface area contributed by atoms with Crippen molar-refractivity contribution in [2.75, 3.05) is 4.72 Å². The average molecular weight is 299 g/mol. The standard InChI is InChI=1S/C11H10FN3O4S/c1-6-2-3-7(12)4-9(6)15-20(18,19)10-8(11(16)17)5-13-14-10/h2-5,15H,1H3,(H,13,14)(H,16,17). The Bertz CT molecular complexity index is 770. The lowest BCUT2D eigenvalue weighted by Crippen LogP contribution is -2.17. The number of hydrogen-bond acceptors (Lipinski definition) is 4. The van der Waals surface area contributed by atoms with E-state index in [0.29, 0.717) is 5.56 Å². The zero-order valence-electron chi connectivity index (χ0n) is 10.2. The van der Waals surface area contributed by atoms with E-state index in [0.717, 1.165) is 12.3 Å². The van der Waals surface area contributed by atoms with E-state index >= 15 is 0 Å². The first-order valence-electron chi connectivity index (χ1n) is 5.37. The highest BCUT2D eigenvalue weighted by atomic mass is 32.2. The Labute approximate surface area is 113 Å². The second kappa shape index (κ2) is 4.93. The minimum atomic E-state index is -4.20. The molecule has 106 valence electrons. The van der Waals surface area contributed by atoms with Crippen LogP contribution in [0.5, 0.6) is 0 Å². The number of halogens is 1. The number of aromatic amines is 1. The first-order valence-corrected chi connectivity index (χ1v) is 6.85. The van der Waals surface area contributed by atoms with Gasteiger partial charge in [-0.2, -0.15) is 13.5 Å². The number of aryl methyl sites for hydroxylation is 1. The van der Waals surface area contributed by atoms with Gasteiger partial charge in [0.25, 0.3) is 10.0 Å². The highest BCUT2D eigenvalue weighted by molar-refractivity contribution is 7.92. The van der Waals surface area contributed by atoms with Crippen LogP contribution in [0.25, 0.3) is 0 Å². The van der Waals surface area contributed by atoms with Crippen LogP contribution >= 0.6 is 0 Å². The van der Waals surface area contributed by atoms with Crippen molar-refractivity contribution in [1.29, 1.82) is 0 Å². The van der Waals surface area contributed by atoms with E-state index in [4.69, 9.17) is 5.11 Å². The molecule has 1 aromatic heterocycles. The molecule has 0 saturated heterocycles. The molecular formula is C11H10FN3O4S. The van der Waals surface area contributed by atoms with Gasteiger partial charge in [-0.05, 0) is 24.6 Å². The Morgan fingerprint density at radius 1 is 1.45 bits per heavy atom. The normalized spacial score (nSPS) is 11.3. The highest BCUT2D eigenvalue weighted by Crippen LogP contribution is 2.21. The lowest BCUT2D eigenvalue weighted by atomic mass is 10.2. The van der Waals surface area contributed by atoms with Gasteiger partial charge in [-0.1, -0.05) is 6.07 Å². The fourth-order valence-corrected chi connectivity index (χ4v) is 2.75. The third-order valence-electron chi connectivity index (χ3n) is 2.55. The number of rotatable bonds is 4.